The summed E-state index contributed by atoms with van der Waals surface area (Å²) in [5.74, 6) is 1.75. The number of rotatable bonds is 5. The van der Waals surface area contributed by atoms with Crippen molar-refractivity contribution < 1.29 is 0 Å². The lowest BCUT2D eigenvalue weighted by molar-refractivity contribution is 0.811. The first-order valence-corrected chi connectivity index (χ1v) is 14.6. The summed E-state index contributed by atoms with van der Waals surface area (Å²) < 4.78 is 4.81. The molecule has 0 radical (unpaired) electrons. The van der Waals surface area contributed by atoms with E-state index in [1.807, 2.05) is 0 Å². The molecular weight excluding hydrogens is 498 g/mol. The van der Waals surface area contributed by atoms with Crippen LogP contribution in [0.15, 0.2) is 109 Å². The minimum Gasteiger partial charge on any atom is -0.309 e. The van der Waals surface area contributed by atoms with Crippen LogP contribution in [0.4, 0.5) is 0 Å². The molecule has 0 saturated heterocycles. The molecule has 0 N–H and O–H groups in total. The lowest BCUT2D eigenvalue weighted by Crippen LogP contribution is -2.08. The van der Waals surface area contributed by atoms with E-state index < -0.39 is 0 Å². The number of aryl methyl sites for hydroxylation is 1. The van der Waals surface area contributed by atoms with Crippen molar-refractivity contribution >= 4 is 32.8 Å². The molecule has 0 fully saturated rings. The Bertz CT molecular complexity index is 2030. The highest BCUT2D eigenvalue weighted by molar-refractivity contribution is 6.12. The van der Waals surface area contributed by atoms with Gasteiger partial charge in [-0.2, -0.15) is 0 Å². The predicted octanol–water partition coefficient (Wildman–Crippen LogP) is 10.3. The van der Waals surface area contributed by atoms with Crippen LogP contribution < -0.4 is 0 Å². The van der Waals surface area contributed by atoms with Crippen LogP contribution >= 0.6 is 0 Å². The molecular formula is C38H35N3. The highest BCUT2D eigenvalue weighted by Gasteiger charge is 2.23. The molecule has 0 spiro atoms. The number of fused-ring (bicyclic) bond motifs is 4. The van der Waals surface area contributed by atoms with Crippen LogP contribution in [0.3, 0.4) is 0 Å². The number of hydrogen-bond acceptors (Lipinski definition) is 1. The van der Waals surface area contributed by atoms with Crippen LogP contribution in [0, 0.1) is 6.92 Å². The number of nitrogens with zero attached hydrogens (tertiary/aromatic N) is 3. The van der Waals surface area contributed by atoms with Crippen LogP contribution in [0.25, 0.3) is 55.6 Å². The van der Waals surface area contributed by atoms with Gasteiger partial charge in [0.2, 0.25) is 0 Å². The molecule has 0 bridgehead atoms. The molecule has 2 heterocycles. The van der Waals surface area contributed by atoms with E-state index in [-0.39, 0.29) is 0 Å². The second-order valence-corrected chi connectivity index (χ2v) is 11.7. The van der Waals surface area contributed by atoms with Gasteiger partial charge in [0.15, 0.2) is 0 Å². The van der Waals surface area contributed by atoms with E-state index in [0.717, 1.165) is 22.4 Å². The predicted molar refractivity (Wildman–Crippen MR) is 174 cm³/mol. The number of aromatic nitrogens is 3. The van der Waals surface area contributed by atoms with Gasteiger partial charge in [-0.3, -0.25) is 4.57 Å². The van der Waals surface area contributed by atoms with Gasteiger partial charge >= 0.3 is 0 Å². The Morgan fingerprint density at radius 2 is 1.24 bits per heavy atom. The molecule has 3 heteroatoms. The van der Waals surface area contributed by atoms with Crippen molar-refractivity contribution in [2.24, 2.45) is 0 Å². The Hall–Kier alpha value is -4.63. The lowest BCUT2D eigenvalue weighted by Gasteiger charge is -2.22. The second kappa shape index (κ2) is 9.78. The summed E-state index contributed by atoms with van der Waals surface area (Å²) in [7, 11) is 0. The van der Waals surface area contributed by atoms with Gasteiger partial charge in [-0.15, -0.1) is 0 Å². The molecule has 3 nitrogen and oxygen atoms in total. The van der Waals surface area contributed by atoms with E-state index in [0.29, 0.717) is 11.8 Å². The first-order chi connectivity index (χ1) is 19.9. The molecule has 0 saturated carbocycles. The van der Waals surface area contributed by atoms with Crippen LogP contribution in [0.5, 0.6) is 0 Å². The maximum Gasteiger partial charge on any atom is 0.145 e. The zero-order chi connectivity index (χ0) is 28.2. The van der Waals surface area contributed by atoms with E-state index in [1.54, 1.807) is 0 Å². The van der Waals surface area contributed by atoms with Crippen molar-refractivity contribution in [3.8, 4) is 22.8 Å². The van der Waals surface area contributed by atoms with Crippen molar-refractivity contribution in [3.63, 3.8) is 0 Å². The van der Waals surface area contributed by atoms with Crippen LogP contribution in [-0.4, -0.2) is 14.1 Å². The van der Waals surface area contributed by atoms with Gasteiger partial charge in [0.1, 0.15) is 5.82 Å². The Kier molecular flexibility index (Phi) is 6.04. The smallest absolute Gasteiger partial charge is 0.145 e. The Morgan fingerprint density at radius 3 is 1.98 bits per heavy atom. The molecule has 7 aromatic rings. The van der Waals surface area contributed by atoms with Gasteiger partial charge in [-0.1, -0.05) is 88.4 Å². The molecule has 5 aromatic carbocycles. The quantitative estimate of drug-likeness (QED) is 0.216. The topological polar surface area (TPSA) is 22.8 Å². The Balaban J connectivity index is 1.57. The molecule has 0 amide bonds. The van der Waals surface area contributed by atoms with Crippen molar-refractivity contribution in [2.45, 2.75) is 46.5 Å². The molecule has 0 aliphatic rings. The largest absolute Gasteiger partial charge is 0.309 e. The zero-order valence-corrected chi connectivity index (χ0v) is 24.4. The third-order valence-corrected chi connectivity index (χ3v) is 8.40. The molecule has 0 unspecified atom stereocenters. The highest BCUT2D eigenvalue weighted by atomic mass is 15.1. The van der Waals surface area contributed by atoms with E-state index in [9.17, 15) is 0 Å². The maximum atomic E-state index is 5.29. The summed E-state index contributed by atoms with van der Waals surface area (Å²) in [5, 5.41) is 2.54. The first kappa shape index (κ1) is 25.3. The average molecular weight is 534 g/mol. The summed E-state index contributed by atoms with van der Waals surface area (Å²) in [6.07, 6.45) is 0. The molecule has 202 valence electrons. The van der Waals surface area contributed by atoms with Gasteiger partial charge in [0.25, 0.3) is 0 Å². The molecule has 0 atom stereocenters. The van der Waals surface area contributed by atoms with Gasteiger partial charge in [0, 0.05) is 22.0 Å². The maximum absolute atomic E-state index is 5.29. The van der Waals surface area contributed by atoms with Gasteiger partial charge in [-0.25, -0.2) is 4.98 Å². The number of para-hydroxylation sites is 4. The monoisotopic (exact) mass is 533 g/mol. The van der Waals surface area contributed by atoms with Gasteiger partial charge in [-0.05, 0) is 84.0 Å². The zero-order valence-electron chi connectivity index (χ0n) is 24.4. The number of imidazole rings is 1. The molecule has 0 aliphatic heterocycles. The minimum atomic E-state index is 0.381. The number of benzene rings is 5. The Labute approximate surface area is 241 Å². The molecule has 0 aliphatic carbocycles. The van der Waals surface area contributed by atoms with Crippen LogP contribution in [0.2, 0.25) is 0 Å². The second-order valence-electron chi connectivity index (χ2n) is 11.7. The van der Waals surface area contributed by atoms with Crippen molar-refractivity contribution in [1.82, 2.24) is 14.1 Å². The van der Waals surface area contributed by atoms with Crippen molar-refractivity contribution in [1.29, 1.82) is 0 Å². The summed E-state index contributed by atoms with van der Waals surface area (Å²) in [5.41, 5.74) is 12.1. The van der Waals surface area contributed by atoms with E-state index in [1.165, 1.54) is 49.9 Å². The fraction of sp³-hybridized carbons (Fsp3) is 0.184. The van der Waals surface area contributed by atoms with E-state index in [2.05, 4.69) is 153 Å². The standard InChI is InChI=1S/C38H35N3/c1-24(2)29-16-12-17-30(25(3)4)37(29)41-34-19-10-9-18-32(34)39-38(41)27-21-22-33-31(23-27)36-26(5)13-11-20-35(36)40(33)28-14-7-6-8-15-28/h6-25H,1-5H3. The highest BCUT2D eigenvalue weighted by Crippen LogP contribution is 2.40. The lowest BCUT2D eigenvalue weighted by atomic mass is 9.92. The summed E-state index contributed by atoms with van der Waals surface area (Å²) in [6.45, 7) is 11.4. The fourth-order valence-corrected chi connectivity index (χ4v) is 6.46. The summed E-state index contributed by atoms with van der Waals surface area (Å²) in [4.78, 5) is 5.29. The average Bonchev–Trinajstić information content (AvgIpc) is 3.53. The first-order valence-electron chi connectivity index (χ1n) is 14.6. The summed E-state index contributed by atoms with van der Waals surface area (Å²) >= 11 is 0. The van der Waals surface area contributed by atoms with Crippen molar-refractivity contribution in [2.75, 3.05) is 0 Å². The third kappa shape index (κ3) is 3.99. The summed E-state index contributed by atoms with van der Waals surface area (Å²) in [6, 6.07) is 39.5. The number of hydrogen-bond donors (Lipinski definition) is 0. The molecule has 41 heavy (non-hydrogen) atoms. The van der Waals surface area contributed by atoms with Crippen LogP contribution in [-0.2, 0) is 0 Å². The fourth-order valence-electron chi connectivity index (χ4n) is 6.46. The van der Waals surface area contributed by atoms with Crippen LogP contribution in [0.1, 0.15) is 56.2 Å². The SMILES string of the molecule is Cc1cccc2c1c1cc(-c3nc4ccccc4n3-c3c(C(C)C)cccc3C(C)C)ccc1n2-c1ccccc1. The van der Waals surface area contributed by atoms with Crippen molar-refractivity contribution in [3.05, 3.63) is 126 Å². The van der Waals surface area contributed by atoms with Gasteiger partial charge in [0.05, 0.1) is 27.8 Å². The molecule has 2 aromatic heterocycles. The normalized spacial score (nSPS) is 12.0. The molecule has 7 rings (SSSR count). The minimum absolute atomic E-state index is 0.381. The third-order valence-electron chi connectivity index (χ3n) is 8.40. The van der Waals surface area contributed by atoms with Gasteiger partial charge < -0.3 is 4.57 Å². The Morgan fingerprint density at radius 1 is 0.585 bits per heavy atom. The van der Waals surface area contributed by atoms with E-state index in [4.69, 9.17) is 4.98 Å². The van der Waals surface area contributed by atoms with E-state index >= 15 is 0 Å².